The van der Waals surface area contributed by atoms with Gasteiger partial charge in [0.1, 0.15) is 11.5 Å². The van der Waals surface area contributed by atoms with E-state index in [0.717, 1.165) is 12.1 Å². The summed E-state index contributed by atoms with van der Waals surface area (Å²) in [5, 5.41) is 20.9. The van der Waals surface area contributed by atoms with Gasteiger partial charge in [-0.25, -0.2) is 0 Å². The van der Waals surface area contributed by atoms with Gasteiger partial charge in [0.05, 0.1) is 22.6 Å². The van der Waals surface area contributed by atoms with Crippen LogP contribution in [0.5, 0.6) is 5.75 Å². The smallest absolute Gasteiger partial charge is 0.351 e. The molecule has 0 bridgehead atoms. The number of phenolic OH excluding ortho intramolecular Hbond substituents is 1. The molecule has 0 aliphatic rings. The molecule has 0 spiro atoms. The second kappa shape index (κ2) is 7.33. The Morgan fingerprint density at radius 1 is 1.43 bits per heavy atom. The van der Waals surface area contributed by atoms with Crippen LogP contribution < -0.4 is 5.73 Å². The third kappa shape index (κ3) is 4.02. The monoisotopic (exact) mass is 382 g/mol. The maximum absolute atomic E-state index is 12.6. The zero-order valence-electron chi connectivity index (χ0n) is 11.5. The summed E-state index contributed by atoms with van der Waals surface area (Å²) in [6.07, 6.45) is 0. The molecule has 21 heavy (non-hydrogen) atoms. The Balaban J connectivity index is 3.36. The van der Waals surface area contributed by atoms with Crippen LogP contribution in [0.4, 0.5) is 5.69 Å². The van der Waals surface area contributed by atoms with E-state index in [1.807, 2.05) is 0 Å². The first-order valence-corrected chi connectivity index (χ1v) is 8.48. The number of nitro groups is 1. The van der Waals surface area contributed by atoms with Crippen LogP contribution >= 0.6 is 23.5 Å². The van der Waals surface area contributed by atoms with Crippen LogP contribution in [-0.4, -0.2) is 23.2 Å². The van der Waals surface area contributed by atoms with E-state index in [4.69, 9.17) is 14.8 Å². The minimum absolute atomic E-state index is 0.0710. The fourth-order valence-corrected chi connectivity index (χ4v) is 3.78. The Hall–Kier alpha value is -0.990. The molecule has 8 nitrogen and oxygen atoms in total. The van der Waals surface area contributed by atoms with Crippen LogP contribution in [0.1, 0.15) is 25.2 Å². The predicted octanol–water partition coefficient (Wildman–Crippen LogP) is 3.29. The van der Waals surface area contributed by atoms with E-state index in [2.05, 4.69) is 15.9 Å². The molecule has 0 fully saturated rings. The average Bonchev–Trinajstić information content (AvgIpc) is 2.41. The zero-order chi connectivity index (χ0) is 16.2. The average molecular weight is 383 g/mol. The maximum Gasteiger partial charge on any atom is 0.351 e. The molecular weight excluding hydrogens is 367 g/mol. The summed E-state index contributed by atoms with van der Waals surface area (Å²) in [4.78, 5) is 10.2. The summed E-state index contributed by atoms with van der Waals surface area (Å²) in [5.41, 5.74) is 5.48. The topological polar surface area (TPSA) is 125 Å². The van der Waals surface area contributed by atoms with Crippen molar-refractivity contribution in [3.05, 3.63) is 32.3 Å². The lowest BCUT2D eigenvalue weighted by atomic mass is 10.2. The molecular formula is C11H16BrN2O6P. The molecule has 0 aliphatic heterocycles. The van der Waals surface area contributed by atoms with E-state index < -0.39 is 18.3 Å². The van der Waals surface area contributed by atoms with Crippen molar-refractivity contribution in [2.75, 3.05) is 13.2 Å². The van der Waals surface area contributed by atoms with Gasteiger partial charge in [-0.1, -0.05) is 0 Å². The highest BCUT2D eigenvalue weighted by atomic mass is 79.9. The van der Waals surface area contributed by atoms with Gasteiger partial charge < -0.3 is 19.9 Å². The standard InChI is InChI=1S/C11H16BrN2O6P/c1-3-19-21(18,20-4-2)11(13)8-5-7(14(16)17)6-9(12)10(8)15/h5-6,11,15H,3-4,13H2,1-2H3/t11-/m1/s1. The van der Waals surface area contributed by atoms with Crippen molar-refractivity contribution in [2.45, 2.75) is 19.6 Å². The fourth-order valence-electron chi connectivity index (χ4n) is 1.66. The van der Waals surface area contributed by atoms with Gasteiger partial charge in [0.2, 0.25) is 0 Å². The molecule has 10 heteroatoms. The Labute approximate surface area is 130 Å². The SMILES string of the molecule is CCOP(=O)(OCC)[C@@H](N)c1cc([N+](=O)[O-])cc(Br)c1O. The number of non-ortho nitro benzene ring substituents is 1. The molecule has 0 saturated heterocycles. The third-order valence-electron chi connectivity index (χ3n) is 2.57. The molecule has 0 saturated carbocycles. The molecule has 0 amide bonds. The Bertz CT molecular complexity index is 572. The van der Waals surface area contributed by atoms with Crippen molar-refractivity contribution in [1.29, 1.82) is 0 Å². The molecule has 1 atom stereocenters. The van der Waals surface area contributed by atoms with E-state index in [0.29, 0.717) is 0 Å². The lowest BCUT2D eigenvalue weighted by Gasteiger charge is -2.24. The van der Waals surface area contributed by atoms with Gasteiger partial charge in [0.15, 0.2) is 0 Å². The number of halogens is 1. The van der Waals surface area contributed by atoms with Gasteiger partial charge >= 0.3 is 7.60 Å². The van der Waals surface area contributed by atoms with E-state index in [-0.39, 0.29) is 34.7 Å². The van der Waals surface area contributed by atoms with E-state index in [9.17, 15) is 19.8 Å². The summed E-state index contributed by atoms with van der Waals surface area (Å²) < 4.78 is 22.9. The highest BCUT2D eigenvalue weighted by Gasteiger charge is 2.37. The van der Waals surface area contributed by atoms with Crippen molar-refractivity contribution in [1.82, 2.24) is 0 Å². The molecule has 0 aromatic heterocycles. The van der Waals surface area contributed by atoms with Crippen LogP contribution in [0.25, 0.3) is 0 Å². The molecule has 3 N–H and O–H groups in total. The predicted molar refractivity (Wildman–Crippen MR) is 80.2 cm³/mol. The Morgan fingerprint density at radius 2 is 1.95 bits per heavy atom. The van der Waals surface area contributed by atoms with Crippen LogP contribution in [-0.2, 0) is 13.6 Å². The van der Waals surface area contributed by atoms with Gasteiger partial charge in [0, 0.05) is 17.7 Å². The van der Waals surface area contributed by atoms with E-state index >= 15 is 0 Å². The number of hydrogen-bond donors (Lipinski definition) is 2. The van der Waals surface area contributed by atoms with Crippen molar-refractivity contribution >= 4 is 29.2 Å². The summed E-state index contributed by atoms with van der Waals surface area (Å²) in [5.74, 6) is -1.68. The summed E-state index contributed by atoms with van der Waals surface area (Å²) in [7, 11) is -3.75. The number of aromatic hydroxyl groups is 1. The Morgan fingerprint density at radius 3 is 2.38 bits per heavy atom. The molecule has 0 aliphatic carbocycles. The van der Waals surface area contributed by atoms with Crippen molar-refractivity contribution < 1.29 is 23.6 Å². The summed E-state index contributed by atoms with van der Waals surface area (Å²) in [6.45, 7) is 3.40. The molecule has 0 heterocycles. The minimum Gasteiger partial charge on any atom is -0.506 e. The van der Waals surface area contributed by atoms with Crippen molar-refractivity contribution in [3.63, 3.8) is 0 Å². The molecule has 118 valence electrons. The summed E-state index contributed by atoms with van der Waals surface area (Å²) >= 11 is 3.00. The normalized spacial score (nSPS) is 13.1. The van der Waals surface area contributed by atoms with E-state index in [1.54, 1.807) is 13.8 Å². The van der Waals surface area contributed by atoms with Gasteiger partial charge in [-0.05, 0) is 29.8 Å². The van der Waals surface area contributed by atoms with Crippen LogP contribution in [0.15, 0.2) is 16.6 Å². The number of benzene rings is 1. The molecule has 0 unspecified atom stereocenters. The van der Waals surface area contributed by atoms with Crippen LogP contribution in [0.3, 0.4) is 0 Å². The molecule has 1 aromatic carbocycles. The maximum atomic E-state index is 12.6. The highest BCUT2D eigenvalue weighted by Crippen LogP contribution is 2.60. The first kappa shape index (κ1) is 18.1. The number of nitrogens with two attached hydrogens (primary N) is 1. The third-order valence-corrected chi connectivity index (χ3v) is 5.37. The number of nitro benzene ring substituents is 1. The number of hydrogen-bond acceptors (Lipinski definition) is 7. The Kier molecular flexibility index (Phi) is 6.30. The quantitative estimate of drug-likeness (QED) is 0.420. The molecule has 1 rings (SSSR count). The van der Waals surface area contributed by atoms with Crippen molar-refractivity contribution in [2.24, 2.45) is 5.73 Å². The van der Waals surface area contributed by atoms with Crippen molar-refractivity contribution in [3.8, 4) is 5.75 Å². The molecule has 1 aromatic rings. The molecule has 0 radical (unpaired) electrons. The number of phenols is 1. The lowest BCUT2D eigenvalue weighted by molar-refractivity contribution is -0.385. The van der Waals surface area contributed by atoms with Gasteiger partial charge in [-0.3, -0.25) is 14.7 Å². The largest absolute Gasteiger partial charge is 0.506 e. The number of nitrogens with zero attached hydrogens (tertiary/aromatic N) is 1. The van der Waals surface area contributed by atoms with E-state index in [1.165, 1.54) is 0 Å². The van der Waals surface area contributed by atoms with Gasteiger partial charge in [-0.2, -0.15) is 0 Å². The van der Waals surface area contributed by atoms with Crippen LogP contribution in [0, 0.1) is 10.1 Å². The minimum atomic E-state index is -3.75. The highest BCUT2D eigenvalue weighted by molar-refractivity contribution is 9.10. The zero-order valence-corrected chi connectivity index (χ0v) is 14.0. The second-order valence-corrected chi connectivity index (χ2v) is 6.95. The van der Waals surface area contributed by atoms with Gasteiger partial charge in [0.25, 0.3) is 5.69 Å². The number of rotatable bonds is 7. The first-order valence-electron chi connectivity index (χ1n) is 6.08. The first-order chi connectivity index (χ1) is 9.76. The van der Waals surface area contributed by atoms with Crippen LogP contribution in [0.2, 0.25) is 0 Å². The summed E-state index contributed by atoms with van der Waals surface area (Å²) in [6, 6.07) is 2.17. The fraction of sp³-hybridized carbons (Fsp3) is 0.455. The van der Waals surface area contributed by atoms with Gasteiger partial charge in [-0.15, -0.1) is 0 Å². The second-order valence-electron chi connectivity index (χ2n) is 3.94. The lowest BCUT2D eigenvalue weighted by Crippen LogP contribution is -2.15.